The molecule has 9 heteroatoms. The highest BCUT2D eigenvalue weighted by Gasteiger charge is 2.33. The second-order valence-corrected chi connectivity index (χ2v) is 8.45. The summed E-state index contributed by atoms with van der Waals surface area (Å²) in [6.45, 7) is 2.77. The Morgan fingerprint density at radius 3 is 2.59 bits per heavy atom. The Morgan fingerprint density at radius 1 is 1.22 bits per heavy atom. The molecule has 4 heterocycles. The third-order valence-corrected chi connectivity index (χ3v) is 6.61. The van der Waals surface area contributed by atoms with Gasteiger partial charge in [0.05, 0.1) is 15.8 Å². The maximum atomic E-state index is 13.1. The van der Waals surface area contributed by atoms with Crippen molar-refractivity contribution in [2.24, 2.45) is 0 Å². The summed E-state index contributed by atoms with van der Waals surface area (Å²) in [7, 11) is 2.00. The highest BCUT2D eigenvalue weighted by molar-refractivity contribution is 7.22. The fraction of sp³-hybridized carbons (Fsp3) is 0.333. The minimum atomic E-state index is -4.46. The minimum Gasteiger partial charge on any atom is -0.335 e. The molecule has 4 rings (SSSR count). The molecule has 4 nitrogen and oxygen atoms in total. The van der Waals surface area contributed by atoms with Crippen molar-refractivity contribution in [1.29, 1.82) is 0 Å². The van der Waals surface area contributed by atoms with Gasteiger partial charge in [0.15, 0.2) is 0 Å². The van der Waals surface area contributed by atoms with E-state index in [9.17, 15) is 18.0 Å². The highest BCUT2D eigenvalue weighted by Crippen LogP contribution is 2.42. The summed E-state index contributed by atoms with van der Waals surface area (Å²) < 4.78 is 39.6. The number of halogens is 3. The Kier molecular flexibility index (Phi) is 4.69. The molecule has 3 aromatic rings. The smallest absolute Gasteiger partial charge is 0.335 e. The molecular weight excluding hydrogens is 395 g/mol. The van der Waals surface area contributed by atoms with E-state index in [1.54, 1.807) is 4.90 Å². The van der Waals surface area contributed by atoms with Gasteiger partial charge in [-0.1, -0.05) is 6.07 Å². The van der Waals surface area contributed by atoms with Crippen molar-refractivity contribution in [3.8, 4) is 10.4 Å². The third-order valence-electron chi connectivity index (χ3n) is 4.61. The second kappa shape index (κ2) is 6.88. The quantitative estimate of drug-likeness (QED) is 0.626. The fourth-order valence-electron chi connectivity index (χ4n) is 3.09. The van der Waals surface area contributed by atoms with Crippen molar-refractivity contribution in [3.63, 3.8) is 0 Å². The van der Waals surface area contributed by atoms with E-state index in [0.29, 0.717) is 33.7 Å². The third kappa shape index (κ3) is 3.46. The van der Waals surface area contributed by atoms with Gasteiger partial charge in [0.25, 0.3) is 5.91 Å². The lowest BCUT2D eigenvalue weighted by atomic mass is 10.1. The number of likely N-dealkylation sites (N-methyl/N-ethyl adjacent to an activating group) is 1. The van der Waals surface area contributed by atoms with E-state index >= 15 is 0 Å². The number of carbonyl (C=O) groups excluding carboxylic acids is 1. The number of thiophene rings is 2. The van der Waals surface area contributed by atoms with E-state index < -0.39 is 11.7 Å². The number of aromatic nitrogens is 1. The SMILES string of the molecule is CN1CCN(C(=O)c2sc3cc(C(F)(F)F)cnc3c2-c2cccs2)CC1. The monoisotopic (exact) mass is 411 g/mol. The largest absolute Gasteiger partial charge is 0.417 e. The number of carbonyl (C=O) groups is 1. The summed E-state index contributed by atoms with van der Waals surface area (Å²) >= 11 is 2.54. The number of fused-ring (bicyclic) bond motifs is 1. The standard InChI is InChI=1S/C18H16F3N3OS2/c1-23-4-6-24(7-5-23)17(25)16-14(12-3-2-8-26-12)15-13(27-16)9-11(10-22-15)18(19,20)21/h2-3,8-10H,4-7H2,1H3. The number of piperazine rings is 1. The van der Waals surface area contributed by atoms with Gasteiger partial charge in [-0.2, -0.15) is 13.2 Å². The van der Waals surface area contributed by atoms with Gasteiger partial charge >= 0.3 is 6.18 Å². The van der Waals surface area contributed by atoms with Crippen LogP contribution >= 0.6 is 22.7 Å². The number of amides is 1. The Labute approximate surface area is 161 Å². The molecule has 1 saturated heterocycles. The van der Waals surface area contributed by atoms with Crippen LogP contribution in [0.2, 0.25) is 0 Å². The molecule has 1 fully saturated rings. The summed E-state index contributed by atoms with van der Waals surface area (Å²) in [5.74, 6) is -0.136. The molecule has 0 N–H and O–H groups in total. The van der Waals surface area contributed by atoms with Crippen molar-refractivity contribution in [1.82, 2.24) is 14.8 Å². The Balaban J connectivity index is 1.83. The lowest BCUT2D eigenvalue weighted by Crippen LogP contribution is -2.47. The van der Waals surface area contributed by atoms with Gasteiger partial charge in [-0.05, 0) is 24.6 Å². The van der Waals surface area contributed by atoms with E-state index in [1.165, 1.54) is 11.3 Å². The molecule has 0 radical (unpaired) electrons. The molecule has 0 saturated carbocycles. The van der Waals surface area contributed by atoms with Crippen molar-refractivity contribution >= 4 is 38.8 Å². The zero-order valence-corrected chi connectivity index (χ0v) is 16.0. The van der Waals surface area contributed by atoms with Crippen LogP contribution in [0.25, 0.3) is 20.7 Å². The maximum Gasteiger partial charge on any atom is 0.417 e. The first-order valence-electron chi connectivity index (χ1n) is 8.36. The minimum absolute atomic E-state index is 0.136. The van der Waals surface area contributed by atoms with Crippen LogP contribution in [0.3, 0.4) is 0 Å². The molecule has 0 aliphatic carbocycles. The molecule has 3 aromatic heterocycles. The van der Waals surface area contributed by atoms with Crippen LogP contribution < -0.4 is 0 Å². The number of hydrogen-bond acceptors (Lipinski definition) is 5. The molecule has 1 aliphatic heterocycles. The number of hydrogen-bond donors (Lipinski definition) is 0. The van der Waals surface area contributed by atoms with Crippen LogP contribution in [0.1, 0.15) is 15.2 Å². The maximum absolute atomic E-state index is 13.1. The number of rotatable bonds is 2. The molecule has 0 bridgehead atoms. The van der Waals surface area contributed by atoms with Gasteiger partial charge in [0.1, 0.15) is 4.88 Å². The normalized spacial score (nSPS) is 16.2. The highest BCUT2D eigenvalue weighted by atomic mass is 32.1. The van der Waals surface area contributed by atoms with Crippen LogP contribution in [-0.4, -0.2) is 53.9 Å². The summed E-state index contributed by atoms with van der Waals surface area (Å²) in [5.41, 5.74) is 0.295. The van der Waals surface area contributed by atoms with E-state index in [2.05, 4.69) is 9.88 Å². The number of alkyl halides is 3. The van der Waals surface area contributed by atoms with E-state index in [1.807, 2.05) is 24.6 Å². The van der Waals surface area contributed by atoms with Gasteiger partial charge in [0, 0.05) is 42.8 Å². The Morgan fingerprint density at radius 2 is 1.96 bits per heavy atom. The first-order chi connectivity index (χ1) is 12.8. The number of pyridine rings is 1. The van der Waals surface area contributed by atoms with Crippen LogP contribution in [0.5, 0.6) is 0 Å². The molecular formula is C18H16F3N3OS2. The van der Waals surface area contributed by atoms with Crippen LogP contribution in [0.15, 0.2) is 29.8 Å². The second-order valence-electron chi connectivity index (χ2n) is 6.45. The lowest BCUT2D eigenvalue weighted by Gasteiger charge is -2.32. The van der Waals surface area contributed by atoms with E-state index in [-0.39, 0.29) is 5.91 Å². The zero-order valence-electron chi connectivity index (χ0n) is 14.4. The van der Waals surface area contributed by atoms with E-state index in [4.69, 9.17) is 0 Å². The topological polar surface area (TPSA) is 36.4 Å². The first-order valence-corrected chi connectivity index (χ1v) is 10.1. The summed E-state index contributed by atoms with van der Waals surface area (Å²) in [6, 6.07) is 4.81. The molecule has 0 spiro atoms. The molecule has 142 valence electrons. The van der Waals surface area contributed by atoms with Crippen molar-refractivity contribution < 1.29 is 18.0 Å². The van der Waals surface area contributed by atoms with Gasteiger partial charge in [-0.25, -0.2) is 0 Å². The van der Waals surface area contributed by atoms with Gasteiger partial charge in [-0.3, -0.25) is 9.78 Å². The summed E-state index contributed by atoms with van der Waals surface area (Å²) in [6.07, 6.45) is -3.62. The molecule has 0 unspecified atom stereocenters. The Hall–Kier alpha value is -1.97. The van der Waals surface area contributed by atoms with Gasteiger partial charge in [0.2, 0.25) is 0 Å². The molecule has 0 aromatic carbocycles. The van der Waals surface area contributed by atoms with Crippen LogP contribution in [-0.2, 0) is 6.18 Å². The average molecular weight is 411 g/mol. The number of nitrogens with zero attached hydrogens (tertiary/aromatic N) is 3. The summed E-state index contributed by atoms with van der Waals surface area (Å²) in [4.78, 5) is 22.4. The van der Waals surface area contributed by atoms with E-state index in [0.717, 1.165) is 41.6 Å². The molecule has 27 heavy (non-hydrogen) atoms. The summed E-state index contributed by atoms with van der Waals surface area (Å²) in [5, 5.41) is 1.88. The van der Waals surface area contributed by atoms with Crippen LogP contribution in [0.4, 0.5) is 13.2 Å². The van der Waals surface area contributed by atoms with Crippen molar-refractivity contribution in [2.45, 2.75) is 6.18 Å². The molecule has 1 amide bonds. The van der Waals surface area contributed by atoms with Crippen LogP contribution in [0, 0.1) is 0 Å². The van der Waals surface area contributed by atoms with Crippen molar-refractivity contribution in [3.05, 3.63) is 40.2 Å². The predicted molar refractivity (Wildman–Crippen MR) is 101 cm³/mol. The Bertz CT molecular complexity index is 974. The lowest BCUT2D eigenvalue weighted by molar-refractivity contribution is -0.137. The van der Waals surface area contributed by atoms with Gasteiger partial charge < -0.3 is 9.80 Å². The van der Waals surface area contributed by atoms with Crippen molar-refractivity contribution in [2.75, 3.05) is 33.2 Å². The zero-order chi connectivity index (χ0) is 19.2. The predicted octanol–water partition coefficient (Wildman–Crippen LogP) is 4.43. The molecule has 1 aliphatic rings. The first kappa shape index (κ1) is 18.4. The molecule has 0 atom stereocenters. The fourth-order valence-corrected chi connectivity index (χ4v) is 5.11. The van der Waals surface area contributed by atoms with Gasteiger partial charge in [-0.15, -0.1) is 22.7 Å². The average Bonchev–Trinajstić information content (AvgIpc) is 3.27.